The van der Waals surface area contributed by atoms with Crippen molar-refractivity contribution in [3.63, 3.8) is 0 Å². The number of esters is 1. The zero-order chi connectivity index (χ0) is 19.2. The van der Waals surface area contributed by atoms with Crippen molar-refractivity contribution in [1.29, 1.82) is 0 Å². The average Bonchev–Trinajstić information content (AvgIpc) is 3.07. The molecule has 1 aliphatic rings. The number of hydrogen-bond donors (Lipinski definition) is 1. The number of benzene rings is 1. The highest BCUT2D eigenvalue weighted by Crippen LogP contribution is 2.28. The van der Waals surface area contributed by atoms with Crippen LogP contribution in [0.4, 0.5) is 0 Å². The summed E-state index contributed by atoms with van der Waals surface area (Å²) in [5.74, 6) is 1.79. The molecule has 0 aliphatic carbocycles. The van der Waals surface area contributed by atoms with E-state index in [0.717, 1.165) is 37.8 Å². The van der Waals surface area contributed by atoms with Crippen molar-refractivity contribution in [2.75, 3.05) is 33.3 Å². The highest BCUT2D eigenvalue weighted by atomic mass is 16.6. The van der Waals surface area contributed by atoms with Gasteiger partial charge < -0.3 is 19.7 Å². The van der Waals surface area contributed by atoms with E-state index < -0.39 is 5.60 Å². The quantitative estimate of drug-likeness (QED) is 0.496. The molecular formula is C20H31N3O3. The van der Waals surface area contributed by atoms with E-state index >= 15 is 0 Å². The summed E-state index contributed by atoms with van der Waals surface area (Å²) < 4.78 is 10.6. The molecule has 6 nitrogen and oxygen atoms in total. The fourth-order valence-electron chi connectivity index (χ4n) is 3.04. The lowest BCUT2D eigenvalue weighted by Crippen LogP contribution is -2.40. The molecule has 1 aliphatic heterocycles. The molecular weight excluding hydrogens is 330 g/mol. The van der Waals surface area contributed by atoms with E-state index in [9.17, 15) is 4.79 Å². The second kappa shape index (κ2) is 8.92. The van der Waals surface area contributed by atoms with Gasteiger partial charge in [0.2, 0.25) is 0 Å². The molecule has 0 radical (unpaired) electrons. The summed E-state index contributed by atoms with van der Waals surface area (Å²) in [5.41, 5.74) is 0.814. The van der Waals surface area contributed by atoms with Gasteiger partial charge in [0.15, 0.2) is 5.96 Å². The van der Waals surface area contributed by atoms with Crippen molar-refractivity contribution < 1.29 is 14.3 Å². The van der Waals surface area contributed by atoms with Crippen LogP contribution >= 0.6 is 0 Å². The van der Waals surface area contributed by atoms with Crippen LogP contribution in [0, 0.1) is 0 Å². The van der Waals surface area contributed by atoms with E-state index in [-0.39, 0.29) is 12.5 Å². The number of guanidine groups is 1. The van der Waals surface area contributed by atoms with Crippen LogP contribution in [0.15, 0.2) is 29.3 Å². The standard InChI is InChI=1S/C20H31N3O3/c1-6-21-19(22-13-18(24)26-20(2,3)4)23-12-11-16(14-23)15-7-9-17(25-5)10-8-15/h7-10,16H,6,11-14H2,1-5H3,(H,21,22). The first-order valence-corrected chi connectivity index (χ1v) is 9.21. The Morgan fingerprint density at radius 3 is 2.58 bits per heavy atom. The summed E-state index contributed by atoms with van der Waals surface area (Å²) in [5, 5.41) is 3.28. The van der Waals surface area contributed by atoms with Gasteiger partial charge >= 0.3 is 5.97 Å². The maximum atomic E-state index is 11.9. The highest BCUT2D eigenvalue weighted by molar-refractivity contribution is 5.83. The molecule has 1 saturated heterocycles. The lowest BCUT2D eigenvalue weighted by molar-refractivity contribution is -0.152. The number of ether oxygens (including phenoxy) is 2. The Morgan fingerprint density at radius 2 is 2.00 bits per heavy atom. The smallest absolute Gasteiger partial charge is 0.328 e. The van der Waals surface area contributed by atoms with E-state index in [4.69, 9.17) is 9.47 Å². The maximum absolute atomic E-state index is 11.9. The van der Waals surface area contributed by atoms with Crippen LogP contribution in [0.5, 0.6) is 5.75 Å². The van der Waals surface area contributed by atoms with E-state index in [1.165, 1.54) is 5.56 Å². The minimum absolute atomic E-state index is 0.0311. The zero-order valence-electron chi connectivity index (χ0n) is 16.5. The summed E-state index contributed by atoms with van der Waals surface area (Å²) in [6, 6.07) is 8.25. The molecule has 1 N–H and O–H groups in total. The summed E-state index contributed by atoms with van der Waals surface area (Å²) in [6.45, 7) is 10.2. The summed E-state index contributed by atoms with van der Waals surface area (Å²) in [6.07, 6.45) is 1.06. The van der Waals surface area contributed by atoms with Gasteiger partial charge in [0.1, 0.15) is 17.9 Å². The van der Waals surface area contributed by atoms with Gasteiger partial charge in [-0.05, 0) is 51.8 Å². The van der Waals surface area contributed by atoms with Crippen molar-refractivity contribution in [2.24, 2.45) is 4.99 Å². The Hall–Kier alpha value is -2.24. The van der Waals surface area contributed by atoms with Crippen molar-refractivity contribution in [1.82, 2.24) is 10.2 Å². The summed E-state index contributed by atoms with van der Waals surface area (Å²) in [4.78, 5) is 18.6. The molecule has 1 heterocycles. The molecule has 144 valence electrons. The topological polar surface area (TPSA) is 63.2 Å². The molecule has 1 unspecified atom stereocenters. The number of aliphatic imine (C=N–C) groups is 1. The van der Waals surface area contributed by atoms with Crippen molar-refractivity contribution in [3.05, 3.63) is 29.8 Å². The normalized spacial score (nSPS) is 18.0. The molecule has 1 atom stereocenters. The molecule has 0 spiro atoms. The van der Waals surface area contributed by atoms with E-state index in [1.807, 2.05) is 39.8 Å². The molecule has 1 aromatic rings. The first-order valence-electron chi connectivity index (χ1n) is 9.21. The Bertz CT molecular complexity index is 620. The van der Waals surface area contributed by atoms with Crippen LogP contribution in [0.25, 0.3) is 0 Å². The van der Waals surface area contributed by atoms with Gasteiger partial charge in [-0.15, -0.1) is 0 Å². The van der Waals surface area contributed by atoms with Crippen LogP contribution in [0.2, 0.25) is 0 Å². The number of carbonyl (C=O) groups excluding carboxylic acids is 1. The number of rotatable bonds is 5. The van der Waals surface area contributed by atoms with E-state index in [2.05, 4.69) is 27.3 Å². The third-order valence-electron chi connectivity index (χ3n) is 4.19. The first kappa shape index (κ1) is 20.1. The minimum Gasteiger partial charge on any atom is -0.497 e. The predicted molar refractivity (Wildman–Crippen MR) is 104 cm³/mol. The fraction of sp³-hybridized carbons (Fsp3) is 0.600. The van der Waals surface area contributed by atoms with Crippen molar-refractivity contribution >= 4 is 11.9 Å². The Balaban J connectivity index is 1.99. The second-order valence-electron chi connectivity index (χ2n) is 7.46. The molecule has 0 amide bonds. The molecule has 0 saturated carbocycles. The highest BCUT2D eigenvalue weighted by Gasteiger charge is 2.26. The summed E-state index contributed by atoms with van der Waals surface area (Å²) >= 11 is 0. The largest absolute Gasteiger partial charge is 0.497 e. The van der Waals surface area contributed by atoms with Crippen LogP contribution in [0.3, 0.4) is 0 Å². The summed E-state index contributed by atoms with van der Waals surface area (Å²) in [7, 11) is 1.68. The SMILES string of the molecule is CCNC(=NCC(=O)OC(C)(C)C)N1CCC(c2ccc(OC)cc2)C1. The Morgan fingerprint density at radius 1 is 1.31 bits per heavy atom. The number of likely N-dealkylation sites (tertiary alicyclic amines) is 1. The third-order valence-corrected chi connectivity index (χ3v) is 4.19. The minimum atomic E-state index is -0.488. The van der Waals surface area contributed by atoms with E-state index in [0.29, 0.717) is 5.92 Å². The number of hydrogen-bond acceptors (Lipinski definition) is 4. The molecule has 1 fully saturated rings. The van der Waals surface area contributed by atoms with Gasteiger partial charge in [0, 0.05) is 25.6 Å². The average molecular weight is 361 g/mol. The molecule has 0 bridgehead atoms. The van der Waals surface area contributed by atoms with Crippen LogP contribution in [-0.2, 0) is 9.53 Å². The maximum Gasteiger partial charge on any atom is 0.328 e. The third kappa shape index (κ3) is 5.93. The number of nitrogens with zero attached hydrogens (tertiary/aromatic N) is 2. The van der Waals surface area contributed by atoms with Crippen LogP contribution in [0.1, 0.15) is 45.6 Å². The Labute approximate surface area is 156 Å². The molecule has 1 aromatic carbocycles. The predicted octanol–water partition coefficient (Wildman–Crippen LogP) is 2.79. The van der Waals surface area contributed by atoms with Gasteiger partial charge in [-0.25, -0.2) is 4.99 Å². The van der Waals surface area contributed by atoms with Gasteiger partial charge in [-0.3, -0.25) is 4.79 Å². The second-order valence-corrected chi connectivity index (χ2v) is 7.46. The molecule has 0 aromatic heterocycles. The van der Waals surface area contributed by atoms with Crippen molar-refractivity contribution in [2.45, 2.75) is 45.6 Å². The van der Waals surface area contributed by atoms with E-state index in [1.54, 1.807) is 7.11 Å². The fourth-order valence-corrected chi connectivity index (χ4v) is 3.04. The lowest BCUT2D eigenvalue weighted by Gasteiger charge is -2.22. The van der Waals surface area contributed by atoms with Crippen LogP contribution in [-0.4, -0.2) is 55.7 Å². The van der Waals surface area contributed by atoms with Gasteiger partial charge in [0.05, 0.1) is 7.11 Å². The van der Waals surface area contributed by atoms with Gasteiger partial charge in [-0.2, -0.15) is 0 Å². The molecule has 6 heteroatoms. The number of methoxy groups -OCH3 is 1. The Kier molecular flexibility index (Phi) is 6.89. The zero-order valence-corrected chi connectivity index (χ0v) is 16.5. The van der Waals surface area contributed by atoms with Gasteiger partial charge in [-0.1, -0.05) is 12.1 Å². The lowest BCUT2D eigenvalue weighted by atomic mass is 9.98. The number of carbonyl (C=O) groups is 1. The first-order chi connectivity index (χ1) is 12.3. The molecule has 2 rings (SSSR count). The van der Waals surface area contributed by atoms with Gasteiger partial charge in [0.25, 0.3) is 0 Å². The van der Waals surface area contributed by atoms with Crippen LogP contribution < -0.4 is 10.1 Å². The number of nitrogens with one attached hydrogen (secondary N) is 1. The monoisotopic (exact) mass is 361 g/mol. The van der Waals surface area contributed by atoms with Crippen molar-refractivity contribution in [3.8, 4) is 5.75 Å². The molecule has 26 heavy (non-hydrogen) atoms.